The molecule has 1 aromatic rings. The van der Waals surface area contributed by atoms with Crippen LogP contribution in [-0.4, -0.2) is 5.11 Å². The van der Waals surface area contributed by atoms with Crippen LogP contribution in [0, 0.1) is 5.92 Å². The van der Waals surface area contributed by atoms with Gasteiger partial charge in [-0.2, -0.15) is 0 Å². The first-order valence-corrected chi connectivity index (χ1v) is 4.32. The summed E-state index contributed by atoms with van der Waals surface area (Å²) in [5.74, 6) is 0.926. The molecule has 1 atom stereocenters. The fraction of sp³-hybridized carbons (Fsp3) is 0.400. The molecule has 1 aliphatic rings. The van der Waals surface area contributed by atoms with E-state index in [1.807, 2.05) is 18.2 Å². The highest BCUT2D eigenvalue weighted by Crippen LogP contribution is 2.41. The van der Waals surface area contributed by atoms with Crippen LogP contribution in [0.1, 0.15) is 24.4 Å². The van der Waals surface area contributed by atoms with Crippen LogP contribution >= 0.6 is 0 Å². The summed E-state index contributed by atoms with van der Waals surface area (Å²) in [6, 6.07) is 7.36. The van der Waals surface area contributed by atoms with Gasteiger partial charge in [0, 0.05) is 11.6 Å². The minimum absolute atomic E-state index is 0.0335. The van der Waals surface area contributed by atoms with E-state index in [9.17, 15) is 5.11 Å². The summed E-state index contributed by atoms with van der Waals surface area (Å²) in [6.45, 7) is 0. The second kappa shape index (κ2) is 2.79. The maximum Gasteiger partial charge on any atom is 0.120 e. The van der Waals surface area contributed by atoms with Crippen LogP contribution in [0.4, 0.5) is 0 Å². The summed E-state index contributed by atoms with van der Waals surface area (Å²) in [5, 5.41) is 9.48. The van der Waals surface area contributed by atoms with Crippen molar-refractivity contribution in [1.29, 1.82) is 0 Å². The quantitative estimate of drug-likeness (QED) is 0.698. The molecule has 12 heavy (non-hydrogen) atoms. The fourth-order valence-corrected chi connectivity index (χ4v) is 1.48. The SMILES string of the molecule is NC(c1ccccc1O)C1CC1. The maximum atomic E-state index is 9.48. The lowest BCUT2D eigenvalue weighted by atomic mass is 10.0. The van der Waals surface area contributed by atoms with Gasteiger partial charge in [-0.15, -0.1) is 0 Å². The van der Waals surface area contributed by atoms with E-state index in [2.05, 4.69) is 0 Å². The first kappa shape index (κ1) is 7.62. The Balaban J connectivity index is 2.25. The predicted molar refractivity (Wildman–Crippen MR) is 47.8 cm³/mol. The van der Waals surface area contributed by atoms with Gasteiger partial charge in [0.1, 0.15) is 5.75 Å². The van der Waals surface area contributed by atoms with Crippen LogP contribution < -0.4 is 5.73 Å². The molecular weight excluding hydrogens is 150 g/mol. The number of phenols is 1. The van der Waals surface area contributed by atoms with Crippen LogP contribution in [0.3, 0.4) is 0 Å². The molecule has 3 N–H and O–H groups in total. The molecule has 2 heteroatoms. The second-order valence-corrected chi connectivity index (χ2v) is 3.42. The molecule has 1 fully saturated rings. The van der Waals surface area contributed by atoms with E-state index in [1.165, 1.54) is 12.8 Å². The van der Waals surface area contributed by atoms with Gasteiger partial charge in [-0.1, -0.05) is 18.2 Å². The van der Waals surface area contributed by atoms with Gasteiger partial charge in [-0.25, -0.2) is 0 Å². The summed E-state index contributed by atoms with van der Waals surface area (Å²) in [6.07, 6.45) is 2.41. The van der Waals surface area contributed by atoms with E-state index < -0.39 is 0 Å². The van der Waals surface area contributed by atoms with Gasteiger partial charge >= 0.3 is 0 Å². The number of nitrogens with two attached hydrogens (primary N) is 1. The van der Waals surface area contributed by atoms with Crippen molar-refractivity contribution in [1.82, 2.24) is 0 Å². The van der Waals surface area contributed by atoms with Gasteiger partial charge in [-0.3, -0.25) is 0 Å². The molecule has 64 valence electrons. The molecule has 0 spiro atoms. The highest BCUT2D eigenvalue weighted by atomic mass is 16.3. The standard InChI is InChI=1S/C10H13NO/c11-10(7-5-6-7)8-3-1-2-4-9(8)12/h1-4,7,10,12H,5-6,11H2. The number of hydrogen-bond acceptors (Lipinski definition) is 2. The Hall–Kier alpha value is -1.02. The largest absolute Gasteiger partial charge is 0.508 e. The van der Waals surface area contributed by atoms with Gasteiger partial charge in [0.2, 0.25) is 0 Å². The third kappa shape index (κ3) is 1.30. The van der Waals surface area contributed by atoms with Gasteiger partial charge in [0.25, 0.3) is 0 Å². The summed E-state index contributed by atoms with van der Waals surface area (Å²) >= 11 is 0. The zero-order valence-corrected chi connectivity index (χ0v) is 6.90. The summed E-state index contributed by atoms with van der Waals surface area (Å²) < 4.78 is 0. The van der Waals surface area contributed by atoms with Crippen LogP contribution in [0.15, 0.2) is 24.3 Å². The maximum absolute atomic E-state index is 9.48. The smallest absolute Gasteiger partial charge is 0.120 e. The first-order chi connectivity index (χ1) is 5.79. The number of phenolic OH excluding ortho intramolecular Hbond substituents is 1. The van der Waals surface area contributed by atoms with E-state index in [1.54, 1.807) is 6.07 Å². The molecule has 0 heterocycles. The van der Waals surface area contributed by atoms with E-state index >= 15 is 0 Å². The predicted octanol–water partition coefficient (Wildman–Crippen LogP) is 1.80. The number of rotatable bonds is 2. The number of aromatic hydroxyl groups is 1. The Morgan fingerprint density at radius 3 is 2.58 bits per heavy atom. The summed E-state index contributed by atoms with van der Waals surface area (Å²) in [4.78, 5) is 0. The zero-order chi connectivity index (χ0) is 8.55. The van der Waals surface area contributed by atoms with Crippen LogP contribution in [0.2, 0.25) is 0 Å². The molecule has 0 bridgehead atoms. The Bertz CT molecular complexity index is 281. The molecule has 0 aliphatic heterocycles. The van der Waals surface area contributed by atoms with Crippen LogP contribution in [-0.2, 0) is 0 Å². The molecule has 0 saturated heterocycles. The highest BCUT2D eigenvalue weighted by Gasteiger charge is 2.30. The minimum Gasteiger partial charge on any atom is -0.508 e. The summed E-state index contributed by atoms with van der Waals surface area (Å²) in [7, 11) is 0. The van der Waals surface area contributed by atoms with E-state index in [0.29, 0.717) is 11.7 Å². The van der Waals surface area contributed by atoms with Crippen molar-refractivity contribution < 1.29 is 5.11 Å². The Labute approximate surface area is 72.0 Å². The van der Waals surface area contributed by atoms with E-state index in [4.69, 9.17) is 5.73 Å². The number of para-hydroxylation sites is 1. The Morgan fingerprint density at radius 1 is 1.33 bits per heavy atom. The van der Waals surface area contributed by atoms with Crippen molar-refractivity contribution in [3.63, 3.8) is 0 Å². The van der Waals surface area contributed by atoms with Gasteiger partial charge in [0.05, 0.1) is 0 Å². The average molecular weight is 163 g/mol. The third-order valence-corrected chi connectivity index (χ3v) is 2.43. The lowest BCUT2D eigenvalue weighted by Crippen LogP contribution is -2.12. The average Bonchev–Trinajstić information content (AvgIpc) is 2.86. The Kier molecular flexibility index (Phi) is 1.77. The van der Waals surface area contributed by atoms with Crippen LogP contribution in [0.5, 0.6) is 5.75 Å². The normalized spacial score (nSPS) is 19.1. The van der Waals surface area contributed by atoms with Crippen molar-refractivity contribution in [2.24, 2.45) is 11.7 Å². The molecule has 0 amide bonds. The fourth-order valence-electron chi connectivity index (χ4n) is 1.48. The molecule has 2 rings (SSSR count). The number of hydrogen-bond donors (Lipinski definition) is 2. The third-order valence-electron chi connectivity index (χ3n) is 2.43. The molecule has 2 nitrogen and oxygen atoms in total. The molecule has 1 unspecified atom stereocenters. The molecule has 0 radical (unpaired) electrons. The lowest BCUT2D eigenvalue weighted by Gasteiger charge is -2.11. The van der Waals surface area contributed by atoms with Crippen molar-refractivity contribution >= 4 is 0 Å². The van der Waals surface area contributed by atoms with Gasteiger partial charge in [0.15, 0.2) is 0 Å². The highest BCUT2D eigenvalue weighted by molar-refractivity contribution is 5.35. The van der Waals surface area contributed by atoms with Gasteiger partial charge in [-0.05, 0) is 24.8 Å². The lowest BCUT2D eigenvalue weighted by molar-refractivity contribution is 0.456. The summed E-state index contributed by atoms with van der Waals surface area (Å²) in [5.41, 5.74) is 6.83. The monoisotopic (exact) mass is 163 g/mol. The van der Waals surface area contributed by atoms with Crippen LogP contribution in [0.25, 0.3) is 0 Å². The Morgan fingerprint density at radius 2 is 2.00 bits per heavy atom. The topological polar surface area (TPSA) is 46.2 Å². The van der Waals surface area contributed by atoms with E-state index in [0.717, 1.165) is 5.56 Å². The molecule has 1 aromatic carbocycles. The van der Waals surface area contributed by atoms with Crippen molar-refractivity contribution in [2.75, 3.05) is 0 Å². The second-order valence-electron chi connectivity index (χ2n) is 3.42. The number of benzene rings is 1. The molecule has 1 aliphatic carbocycles. The van der Waals surface area contributed by atoms with E-state index in [-0.39, 0.29) is 6.04 Å². The van der Waals surface area contributed by atoms with Gasteiger partial charge < -0.3 is 10.8 Å². The zero-order valence-electron chi connectivity index (χ0n) is 6.90. The van der Waals surface area contributed by atoms with Crippen molar-refractivity contribution in [3.05, 3.63) is 29.8 Å². The molecule has 0 aromatic heterocycles. The van der Waals surface area contributed by atoms with Crippen molar-refractivity contribution in [2.45, 2.75) is 18.9 Å². The van der Waals surface area contributed by atoms with Crippen molar-refractivity contribution in [3.8, 4) is 5.75 Å². The first-order valence-electron chi connectivity index (χ1n) is 4.32. The minimum atomic E-state index is 0.0335. The molecular formula is C10H13NO. The molecule has 1 saturated carbocycles.